The monoisotopic (exact) mass is 345 g/mol. The first kappa shape index (κ1) is 14.5. The van der Waals surface area contributed by atoms with Gasteiger partial charge in [-0.3, -0.25) is 9.88 Å². The van der Waals surface area contributed by atoms with Gasteiger partial charge >= 0.3 is 0 Å². The number of aromatic nitrogens is 1. The highest BCUT2D eigenvalue weighted by atomic mass is 79.9. The van der Waals surface area contributed by atoms with Crippen LogP contribution in [0.2, 0.25) is 0 Å². The maximum Gasteiger partial charge on any atom is 0.0864 e. The number of hydrogen-bond donors (Lipinski definition) is 1. The van der Waals surface area contributed by atoms with Gasteiger partial charge in [-0.05, 0) is 40.9 Å². The van der Waals surface area contributed by atoms with Crippen molar-refractivity contribution >= 4 is 32.5 Å². The quantitative estimate of drug-likeness (QED) is 0.847. The van der Waals surface area contributed by atoms with Gasteiger partial charge in [0.05, 0.1) is 5.52 Å². The lowest BCUT2D eigenvalue weighted by Crippen LogP contribution is -2.39. The molecule has 1 saturated heterocycles. The third kappa shape index (κ3) is 3.27. The Morgan fingerprint density at radius 3 is 2.90 bits per heavy atom. The molecule has 0 unspecified atom stereocenters. The largest absolute Gasteiger partial charge is 0.382 e. The molecule has 21 heavy (non-hydrogen) atoms. The molecule has 1 N–H and O–H groups in total. The molecule has 3 nitrogen and oxygen atoms in total. The highest BCUT2D eigenvalue weighted by molar-refractivity contribution is 9.10. The van der Waals surface area contributed by atoms with Gasteiger partial charge in [0.2, 0.25) is 0 Å². The molecule has 1 aromatic heterocycles. The number of pyridine rings is 1. The second kappa shape index (κ2) is 6.58. The van der Waals surface area contributed by atoms with Crippen molar-refractivity contribution in [2.45, 2.75) is 18.9 Å². The number of nitrogens with zero attached hydrogens (tertiary/aromatic N) is 2. The Bertz CT molecular complexity index is 633. The van der Waals surface area contributed by atoms with E-state index in [2.05, 4.69) is 55.9 Å². The zero-order chi connectivity index (χ0) is 14.7. The number of hydrogen-bond acceptors (Lipinski definition) is 3. The van der Waals surface area contributed by atoms with Crippen LogP contribution in [0.3, 0.4) is 0 Å². The van der Waals surface area contributed by atoms with E-state index in [9.17, 15) is 0 Å². The van der Waals surface area contributed by atoms with Crippen molar-refractivity contribution < 1.29 is 0 Å². The maximum absolute atomic E-state index is 4.46. The van der Waals surface area contributed by atoms with Crippen LogP contribution in [-0.4, -0.2) is 35.6 Å². The standard InChI is InChI=1S/C17H20BrN3/c1-2-10-21-11-7-13(8-12-21)20-16-6-9-19-17-14(16)4-3-5-15(17)18/h2-6,9,13H,1,7-8,10-12H2,(H,19,20). The summed E-state index contributed by atoms with van der Waals surface area (Å²) in [7, 11) is 0. The zero-order valence-corrected chi connectivity index (χ0v) is 13.6. The van der Waals surface area contributed by atoms with Crippen LogP contribution in [0.15, 0.2) is 47.6 Å². The molecule has 0 amide bonds. The number of para-hydroxylation sites is 1. The summed E-state index contributed by atoms with van der Waals surface area (Å²) in [6, 6.07) is 8.84. The lowest BCUT2D eigenvalue weighted by atomic mass is 10.0. The minimum atomic E-state index is 0.538. The van der Waals surface area contributed by atoms with E-state index in [0.717, 1.165) is 29.6 Å². The molecule has 1 aromatic carbocycles. The highest BCUT2D eigenvalue weighted by Crippen LogP contribution is 2.28. The number of benzene rings is 1. The van der Waals surface area contributed by atoms with Crippen LogP contribution >= 0.6 is 15.9 Å². The Kier molecular flexibility index (Phi) is 4.56. The molecule has 2 heterocycles. The first-order valence-electron chi connectivity index (χ1n) is 7.41. The van der Waals surface area contributed by atoms with Crippen LogP contribution in [0.5, 0.6) is 0 Å². The fourth-order valence-electron chi connectivity index (χ4n) is 2.93. The summed E-state index contributed by atoms with van der Waals surface area (Å²) in [6.07, 6.45) is 6.21. The zero-order valence-electron chi connectivity index (χ0n) is 12.1. The fraction of sp³-hybridized carbons (Fsp3) is 0.353. The molecule has 0 atom stereocenters. The summed E-state index contributed by atoms with van der Waals surface area (Å²) in [5, 5.41) is 4.88. The van der Waals surface area contributed by atoms with Crippen molar-refractivity contribution in [1.82, 2.24) is 9.88 Å². The highest BCUT2D eigenvalue weighted by Gasteiger charge is 2.18. The second-order valence-electron chi connectivity index (χ2n) is 5.50. The van der Waals surface area contributed by atoms with Crippen LogP contribution in [0, 0.1) is 0 Å². The Morgan fingerprint density at radius 2 is 2.14 bits per heavy atom. The smallest absolute Gasteiger partial charge is 0.0864 e. The second-order valence-corrected chi connectivity index (χ2v) is 6.36. The number of halogens is 1. The average molecular weight is 346 g/mol. The lowest BCUT2D eigenvalue weighted by Gasteiger charge is -2.32. The molecular formula is C17H20BrN3. The van der Waals surface area contributed by atoms with E-state index in [1.165, 1.54) is 23.9 Å². The minimum Gasteiger partial charge on any atom is -0.382 e. The van der Waals surface area contributed by atoms with E-state index in [0.29, 0.717) is 6.04 Å². The fourth-order valence-corrected chi connectivity index (χ4v) is 3.40. The molecular weight excluding hydrogens is 326 g/mol. The number of likely N-dealkylation sites (tertiary alicyclic amines) is 1. The molecule has 1 fully saturated rings. The lowest BCUT2D eigenvalue weighted by molar-refractivity contribution is 0.240. The van der Waals surface area contributed by atoms with Crippen LogP contribution in [0.4, 0.5) is 5.69 Å². The predicted molar refractivity (Wildman–Crippen MR) is 92.7 cm³/mol. The van der Waals surface area contributed by atoms with Gasteiger partial charge in [0, 0.05) is 47.4 Å². The van der Waals surface area contributed by atoms with Gasteiger partial charge in [-0.25, -0.2) is 0 Å². The van der Waals surface area contributed by atoms with Crippen LogP contribution < -0.4 is 5.32 Å². The molecule has 1 aliphatic heterocycles. The van der Waals surface area contributed by atoms with Crippen molar-refractivity contribution in [3.8, 4) is 0 Å². The first-order valence-corrected chi connectivity index (χ1v) is 8.20. The van der Waals surface area contributed by atoms with Gasteiger partial charge in [0.25, 0.3) is 0 Å². The van der Waals surface area contributed by atoms with Gasteiger partial charge in [0.15, 0.2) is 0 Å². The minimum absolute atomic E-state index is 0.538. The molecule has 4 heteroatoms. The molecule has 3 rings (SSSR count). The van der Waals surface area contributed by atoms with Gasteiger partial charge in [-0.2, -0.15) is 0 Å². The molecule has 110 valence electrons. The summed E-state index contributed by atoms with van der Waals surface area (Å²) in [5.41, 5.74) is 2.20. The van der Waals surface area contributed by atoms with Gasteiger partial charge in [-0.1, -0.05) is 18.2 Å². The molecule has 0 aliphatic carbocycles. The first-order chi connectivity index (χ1) is 10.3. The molecule has 1 aliphatic rings. The SMILES string of the molecule is C=CCN1CCC(Nc2ccnc3c(Br)cccc23)CC1. The molecule has 2 aromatic rings. The van der Waals surface area contributed by atoms with Crippen LogP contribution in [0.1, 0.15) is 12.8 Å². The van der Waals surface area contributed by atoms with E-state index in [1.807, 2.05) is 18.3 Å². The van der Waals surface area contributed by atoms with Gasteiger partial charge in [0.1, 0.15) is 0 Å². The van der Waals surface area contributed by atoms with E-state index >= 15 is 0 Å². The van der Waals surface area contributed by atoms with Crippen molar-refractivity contribution in [2.75, 3.05) is 25.0 Å². The van der Waals surface area contributed by atoms with Crippen molar-refractivity contribution in [1.29, 1.82) is 0 Å². The summed E-state index contributed by atoms with van der Waals surface area (Å²) in [5.74, 6) is 0. The van der Waals surface area contributed by atoms with Crippen molar-refractivity contribution in [2.24, 2.45) is 0 Å². The van der Waals surface area contributed by atoms with Crippen LogP contribution in [0.25, 0.3) is 10.9 Å². The van der Waals surface area contributed by atoms with E-state index in [-0.39, 0.29) is 0 Å². The topological polar surface area (TPSA) is 28.2 Å². The summed E-state index contributed by atoms with van der Waals surface area (Å²) >= 11 is 3.58. The Hall–Kier alpha value is -1.39. The van der Waals surface area contributed by atoms with Gasteiger partial charge in [-0.15, -0.1) is 6.58 Å². The molecule has 0 spiro atoms. The van der Waals surface area contributed by atoms with E-state index in [1.54, 1.807) is 0 Å². The normalized spacial score (nSPS) is 17.0. The van der Waals surface area contributed by atoms with Crippen LogP contribution in [-0.2, 0) is 0 Å². The van der Waals surface area contributed by atoms with Crippen molar-refractivity contribution in [3.63, 3.8) is 0 Å². The third-order valence-corrected chi connectivity index (χ3v) is 4.70. The van der Waals surface area contributed by atoms with Crippen molar-refractivity contribution in [3.05, 3.63) is 47.6 Å². The summed E-state index contributed by atoms with van der Waals surface area (Å²) < 4.78 is 1.05. The number of nitrogens with one attached hydrogen (secondary N) is 1. The predicted octanol–water partition coefficient (Wildman–Crippen LogP) is 4.06. The number of anilines is 1. The Balaban J connectivity index is 1.74. The summed E-state index contributed by atoms with van der Waals surface area (Å²) in [6.45, 7) is 7.08. The number of fused-ring (bicyclic) bond motifs is 1. The average Bonchev–Trinajstić information content (AvgIpc) is 2.51. The maximum atomic E-state index is 4.46. The Morgan fingerprint density at radius 1 is 1.33 bits per heavy atom. The third-order valence-electron chi connectivity index (χ3n) is 4.06. The Labute approximate surface area is 134 Å². The van der Waals surface area contributed by atoms with Gasteiger partial charge < -0.3 is 5.32 Å². The number of rotatable bonds is 4. The molecule has 0 bridgehead atoms. The molecule has 0 radical (unpaired) electrons. The summed E-state index contributed by atoms with van der Waals surface area (Å²) in [4.78, 5) is 6.92. The molecule has 0 saturated carbocycles. The van der Waals surface area contributed by atoms with E-state index < -0.39 is 0 Å². The number of piperidine rings is 1. The van der Waals surface area contributed by atoms with E-state index in [4.69, 9.17) is 0 Å².